The molecule has 3 aromatic rings. The van der Waals surface area contributed by atoms with Crippen molar-refractivity contribution < 1.29 is 19.2 Å². The van der Waals surface area contributed by atoms with Gasteiger partial charge < -0.3 is 9.47 Å². The van der Waals surface area contributed by atoms with Crippen LogP contribution in [0.2, 0.25) is 0 Å². The molecule has 1 aromatic heterocycles. The van der Waals surface area contributed by atoms with Gasteiger partial charge in [-0.3, -0.25) is 20.2 Å². The number of carbonyl (C=O) groups is 1. The molecule has 1 unspecified atom stereocenters. The lowest BCUT2D eigenvalue weighted by Crippen LogP contribution is -2.40. The number of nitro benzene ring substituents is 1. The largest absolute Gasteiger partial charge is 0.485 e. The Kier molecular flexibility index (Phi) is 4.43. The number of anilines is 1. The fourth-order valence-electron chi connectivity index (χ4n) is 2.58. The van der Waals surface area contributed by atoms with E-state index in [0.717, 1.165) is 0 Å². The maximum absolute atomic E-state index is 12.4. The van der Waals surface area contributed by atoms with Crippen molar-refractivity contribution in [3.63, 3.8) is 0 Å². The molecule has 136 valence electrons. The first-order chi connectivity index (χ1) is 13.1. The van der Waals surface area contributed by atoms with Gasteiger partial charge in [-0.15, -0.1) is 11.3 Å². The van der Waals surface area contributed by atoms with Crippen LogP contribution in [0.5, 0.6) is 11.5 Å². The molecule has 0 radical (unpaired) electrons. The summed E-state index contributed by atoms with van der Waals surface area (Å²) < 4.78 is 11.2. The summed E-state index contributed by atoms with van der Waals surface area (Å²) in [7, 11) is 0. The van der Waals surface area contributed by atoms with E-state index in [1.165, 1.54) is 23.5 Å². The molecule has 9 heteroatoms. The van der Waals surface area contributed by atoms with Gasteiger partial charge in [0.25, 0.3) is 11.6 Å². The highest BCUT2D eigenvalue weighted by atomic mass is 32.1. The number of thiazole rings is 1. The number of para-hydroxylation sites is 2. The molecule has 1 aliphatic heterocycles. The topological polar surface area (TPSA) is 104 Å². The number of fused-ring (bicyclic) bond motifs is 1. The maximum Gasteiger partial charge on any atom is 0.270 e. The lowest BCUT2D eigenvalue weighted by Gasteiger charge is -2.25. The molecule has 1 aliphatic rings. The SMILES string of the molecule is O=C(Nc1nc(-c2cccc([N+](=O)[O-])c2)cs1)C1COc2ccccc2O1. The Morgan fingerprint density at radius 2 is 2.04 bits per heavy atom. The standard InChI is InChI=1S/C18H13N3O5S/c22-17(16-9-25-14-6-1-2-7-15(14)26-16)20-18-19-13(10-27-18)11-4-3-5-12(8-11)21(23)24/h1-8,10,16H,9H2,(H,19,20,22). The Morgan fingerprint density at radius 1 is 1.22 bits per heavy atom. The van der Waals surface area contributed by atoms with Gasteiger partial charge >= 0.3 is 0 Å². The molecule has 0 saturated heterocycles. The molecule has 0 spiro atoms. The zero-order chi connectivity index (χ0) is 18.8. The van der Waals surface area contributed by atoms with Gasteiger partial charge in [-0.05, 0) is 12.1 Å². The number of carbonyl (C=O) groups excluding carboxylic acids is 1. The third kappa shape index (κ3) is 3.58. The predicted octanol–water partition coefficient (Wildman–Crippen LogP) is 3.50. The van der Waals surface area contributed by atoms with Crippen LogP contribution in [-0.4, -0.2) is 28.5 Å². The van der Waals surface area contributed by atoms with Crippen molar-refractivity contribution in [2.45, 2.75) is 6.10 Å². The molecule has 0 aliphatic carbocycles. The summed E-state index contributed by atoms with van der Waals surface area (Å²) in [5.74, 6) is 0.744. The van der Waals surface area contributed by atoms with Gasteiger partial charge in [0.15, 0.2) is 16.6 Å². The average Bonchev–Trinajstić information content (AvgIpc) is 3.16. The summed E-state index contributed by atoms with van der Waals surface area (Å²) in [4.78, 5) is 27.2. The molecular weight excluding hydrogens is 370 g/mol. The highest BCUT2D eigenvalue weighted by molar-refractivity contribution is 7.14. The monoisotopic (exact) mass is 383 g/mol. The maximum atomic E-state index is 12.4. The summed E-state index contributed by atoms with van der Waals surface area (Å²) in [5, 5.41) is 15.7. The number of aromatic nitrogens is 1. The molecule has 1 amide bonds. The van der Waals surface area contributed by atoms with Crippen molar-refractivity contribution in [3.05, 3.63) is 64.0 Å². The van der Waals surface area contributed by atoms with Crippen molar-refractivity contribution in [2.75, 3.05) is 11.9 Å². The normalized spacial score (nSPS) is 15.2. The number of non-ortho nitro benzene ring substituents is 1. The van der Waals surface area contributed by atoms with E-state index in [1.807, 2.05) is 6.07 Å². The fraction of sp³-hybridized carbons (Fsp3) is 0.111. The van der Waals surface area contributed by atoms with E-state index < -0.39 is 11.0 Å². The third-order valence-electron chi connectivity index (χ3n) is 3.89. The lowest BCUT2D eigenvalue weighted by atomic mass is 10.1. The van der Waals surface area contributed by atoms with Gasteiger partial charge in [-0.2, -0.15) is 0 Å². The predicted molar refractivity (Wildman–Crippen MR) is 99.2 cm³/mol. The second-order valence-electron chi connectivity index (χ2n) is 5.70. The van der Waals surface area contributed by atoms with Crippen LogP contribution in [0.1, 0.15) is 0 Å². The molecule has 2 heterocycles. The summed E-state index contributed by atoms with van der Waals surface area (Å²) >= 11 is 1.23. The van der Waals surface area contributed by atoms with E-state index in [9.17, 15) is 14.9 Å². The number of benzene rings is 2. The fourth-order valence-corrected chi connectivity index (χ4v) is 3.30. The van der Waals surface area contributed by atoms with Crippen LogP contribution in [0.4, 0.5) is 10.8 Å². The molecule has 8 nitrogen and oxygen atoms in total. The quantitative estimate of drug-likeness (QED) is 0.546. The Hall–Kier alpha value is -3.46. The zero-order valence-electron chi connectivity index (χ0n) is 13.8. The van der Waals surface area contributed by atoms with Crippen LogP contribution in [0.25, 0.3) is 11.3 Å². The van der Waals surface area contributed by atoms with Gasteiger partial charge in [-0.25, -0.2) is 4.98 Å². The highest BCUT2D eigenvalue weighted by Crippen LogP contribution is 2.32. The van der Waals surface area contributed by atoms with Gasteiger partial charge in [0.1, 0.15) is 6.61 Å². The van der Waals surface area contributed by atoms with E-state index in [4.69, 9.17) is 9.47 Å². The molecular formula is C18H13N3O5S. The molecule has 1 N–H and O–H groups in total. The molecule has 0 fully saturated rings. The first-order valence-electron chi connectivity index (χ1n) is 8.00. The minimum Gasteiger partial charge on any atom is -0.485 e. The Morgan fingerprint density at radius 3 is 2.85 bits per heavy atom. The zero-order valence-corrected chi connectivity index (χ0v) is 14.6. The molecule has 4 rings (SSSR count). The summed E-state index contributed by atoms with van der Waals surface area (Å²) in [6.07, 6.45) is -0.787. The second-order valence-corrected chi connectivity index (χ2v) is 6.56. The second kappa shape index (κ2) is 7.04. The van der Waals surface area contributed by atoms with Gasteiger partial charge in [0.05, 0.1) is 10.6 Å². The number of ether oxygens (including phenoxy) is 2. The lowest BCUT2D eigenvalue weighted by molar-refractivity contribution is -0.384. The minimum absolute atomic E-state index is 0.0162. The summed E-state index contributed by atoms with van der Waals surface area (Å²) in [5.41, 5.74) is 1.13. The first-order valence-corrected chi connectivity index (χ1v) is 8.88. The van der Waals surface area contributed by atoms with Gasteiger partial charge in [0, 0.05) is 23.1 Å². The van der Waals surface area contributed by atoms with Gasteiger partial charge in [0.2, 0.25) is 6.10 Å². The van der Waals surface area contributed by atoms with E-state index in [1.54, 1.807) is 35.7 Å². The molecule has 0 saturated carbocycles. The van der Waals surface area contributed by atoms with Crippen molar-refractivity contribution >= 4 is 28.1 Å². The van der Waals surface area contributed by atoms with Crippen LogP contribution in [-0.2, 0) is 4.79 Å². The van der Waals surface area contributed by atoms with Crippen LogP contribution in [0.3, 0.4) is 0 Å². The van der Waals surface area contributed by atoms with Crippen molar-refractivity contribution in [1.29, 1.82) is 0 Å². The third-order valence-corrected chi connectivity index (χ3v) is 4.65. The first kappa shape index (κ1) is 17.0. The number of nitrogens with one attached hydrogen (secondary N) is 1. The number of amides is 1. The summed E-state index contributed by atoms with van der Waals surface area (Å²) in [6, 6.07) is 13.3. The van der Waals surface area contributed by atoms with Crippen LogP contribution < -0.4 is 14.8 Å². The Balaban J connectivity index is 1.46. The summed E-state index contributed by atoms with van der Waals surface area (Å²) in [6.45, 7) is 0.103. The van der Waals surface area contributed by atoms with E-state index >= 15 is 0 Å². The number of nitrogens with zero attached hydrogens (tertiary/aromatic N) is 2. The van der Waals surface area contributed by atoms with Crippen LogP contribution in [0.15, 0.2) is 53.9 Å². The molecule has 0 bridgehead atoms. The van der Waals surface area contributed by atoms with Gasteiger partial charge in [-0.1, -0.05) is 24.3 Å². The number of hydrogen-bond donors (Lipinski definition) is 1. The van der Waals surface area contributed by atoms with Crippen LogP contribution >= 0.6 is 11.3 Å². The van der Waals surface area contributed by atoms with E-state index in [0.29, 0.717) is 27.9 Å². The molecule has 1 atom stereocenters. The van der Waals surface area contributed by atoms with Crippen molar-refractivity contribution in [1.82, 2.24) is 4.98 Å². The number of hydrogen-bond acceptors (Lipinski definition) is 7. The molecule has 27 heavy (non-hydrogen) atoms. The van der Waals surface area contributed by atoms with Crippen molar-refractivity contribution in [2.24, 2.45) is 0 Å². The van der Waals surface area contributed by atoms with Crippen molar-refractivity contribution in [3.8, 4) is 22.8 Å². The number of rotatable bonds is 4. The van der Waals surface area contributed by atoms with E-state index in [2.05, 4.69) is 10.3 Å². The molecule has 2 aromatic carbocycles. The minimum atomic E-state index is -0.787. The number of nitro groups is 1. The highest BCUT2D eigenvalue weighted by Gasteiger charge is 2.28. The van der Waals surface area contributed by atoms with Crippen LogP contribution in [0, 0.1) is 10.1 Å². The average molecular weight is 383 g/mol. The van der Waals surface area contributed by atoms with E-state index in [-0.39, 0.29) is 18.2 Å². The Bertz CT molecular complexity index is 1020. The Labute approximate surface area is 157 Å². The smallest absolute Gasteiger partial charge is 0.270 e.